The molecule has 0 radical (unpaired) electrons. The summed E-state index contributed by atoms with van der Waals surface area (Å²) in [5.41, 5.74) is 0. The van der Waals surface area contributed by atoms with E-state index in [-0.39, 0.29) is 6.10 Å². The highest BCUT2D eigenvalue weighted by Crippen LogP contribution is 2.25. The van der Waals surface area contributed by atoms with Gasteiger partial charge < -0.3 is 18.9 Å². The second-order valence-corrected chi connectivity index (χ2v) is 6.26. The second-order valence-electron chi connectivity index (χ2n) is 6.26. The molecule has 134 valence electrons. The van der Waals surface area contributed by atoms with Gasteiger partial charge in [0, 0.05) is 6.61 Å². The normalized spacial score (nSPS) is 18.7. The number of carbonyl (C=O) groups excluding carboxylic acids is 1. The molecule has 3 rings (SSSR count). The summed E-state index contributed by atoms with van der Waals surface area (Å²) < 4.78 is 21.9. The zero-order valence-corrected chi connectivity index (χ0v) is 14.7. The van der Waals surface area contributed by atoms with Crippen molar-refractivity contribution in [1.29, 1.82) is 0 Å². The van der Waals surface area contributed by atoms with Crippen LogP contribution >= 0.6 is 0 Å². The average molecular weight is 344 g/mol. The molecule has 0 aromatic heterocycles. The Labute approximate surface area is 147 Å². The van der Waals surface area contributed by atoms with E-state index in [9.17, 15) is 4.79 Å². The van der Waals surface area contributed by atoms with Crippen molar-refractivity contribution in [2.45, 2.75) is 38.4 Å². The van der Waals surface area contributed by atoms with Crippen molar-refractivity contribution >= 4 is 16.7 Å². The van der Waals surface area contributed by atoms with Gasteiger partial charge in [0.05, 0.1) is 19.8 Å². The molecule has 5 nitrogen and oxygen atoms in total. The third-order valence-electron chi connectivity index (χ3n) is 4.38. The minimum atomic E-state index is -0.633. The summed E-state index contributed by atoms with van der Waals surface area (Å²) >= 11 is 0. The summed E-state index contributed by atoms with van der Waals surface area (Å²) in [6.07, 6.45) is 2.67. The summed E-state index contributed by atoms with van der Waals surface area (Å²) in [7, 11) is 1.63. The summed E-state index contributed by atoms with van der Waals surface area (Å²) in [4.78, 5) is 12.2. The lowest BCUT2D eigenvalue weighted by Crippen LogP contribution is -2.31. The van der Waals surface area contributed by atoms with Crippen LogP contribution in [0.3, 0.4) is 0 Å². The average Bonchev–Trinajstić information content (AvgIpc) is 2.66. The van der Waals surface area contributed by atoms with Crippen LogP contribution in [0.25, 0.3) is 10.8 Å². The molecule has 1 fully saturated rings. The van der Waals surface area contributed by atoms with Crippen LogP contribution in [0, 0.1) is 0 Å². The lowest BCUT2D eigenvalue weighted by molar-refractivity contribution is -0.149. The Kier molecular flexibility index (Phi) is 5.89. The van der Waals surface area contributed by atoms with Crippen molar-refractivity contribution in [3.63, 3.8) is 0 Å². The number of carbonyl (C=O) groups is 1. The van der Waals surface area contributed by atoms with Gasteiger partial charge in [-0.05, 0) is 61.2 Å². The maximum atomic E-state index is 12.2. The first kappa shape index (κ1) is 17.7. The first-order chi connectivity index (χ1) is 12.2. The molecule has 0 N–H and O–H groups in total. The van der Waals surface area contributed by atoms with Gasteiger partial charge in [0.15, 0.2) is 6.10 Å². The largest absolute Gasteiger partial charge is 0.497 e. The number of methoxy groups -OCH3 is 1. The Balaban J connectivity index is 1.58. The van der Waals surface area contributed by atoms with E-state index in [1.807, 2.05) is 30.3 Å². The number of fused-ring (bicyclic) bond motifs is 1. The Bertz CT molecular complexity index is 721. The molecule has 0 amide bonds. The van der Waals surface area contributed by atoms with Crippen LogP contribution in [0.15, 0.2) is 36.4 Å². The Hall–Kier alpha value is -2.11. The topological polar surface area (TPSA) is 54.0 Å². The van der Waals surface area contributed by atoms with Crippen molar-refractivity contribution in [1.82, 2.24) is 0 Å². The summed E-state index contributed by atoms with van der Waals surface area (Å²) in [6.45, 7) is 2.90. The Morgan fingerprint density at radius 3 is 2.64 bits per heavy atom. The zero-order valence-electron chi connectivity index (χ0n) is 14.7. The minimum absolute atomic E-state index is 0.0807. The molecule has 2 aromatic rings. The molecule has 1 saturated heterocycles. The Morgan fingerprint density at radius 1 is 1.16 bits per heavy atom. The molecule has 25 heavy (non-hydrogen) atoms. The molecule has 2 atom stereocenters. The van der Waals surface area contributed by atoms with Crippen LogP contribution in [0.5, 0.6) is 11.5 Å². The van der Waals surface area contributed by atoms with Crippen LogP contribution in [0.1, 0.15) is 26.2 Å². The molecular weight excluding hydrogens is 320 g/mol. The van der Waals surface area contributed by atoms with Gasteiger partial charge in [0.2, 0.25) is 0 Å². The predicted octanol–water partition coefficient (Wildman–Crippen LogP) is 3.73. The number of rotatable bonds is 6. The first-order valence-corrected chi connectivity index (χ1v) is 8.68. The molecule has 1 aliphatic heterocycles. The molecule has 5 heteroatoms. The second kappa shape index (κ2) is 8.32. The highest BCUT2D eigenvalue weighted by Gasteiger charge is 2.20. The molecule has 0 bridgehead atoms. The molecule has 0 spiro atoms. The van der Waals surface area contributed by atoms with Gasteiger partial charge in [-0.1, -0.05) is 12.1 Å². The van der Waals surface area contributed by atoms with Crippen LogP contribution in [-0.2, 0) is 14.3 Å². The number of hydrogen-bond acceptors (Lipinski definition) is 5. The van der Waals surface area contributed by atoms with Crippen molar-refractivity contribution in [2.75, 3.05) is 20.3 Å². The van der Waals surface area contributed by atoms with Gasteiger partial charge in [0.1, 0.15) is 11.5 Å². The summed E-state index contributed by atoms with van der Waals surface area (Å²) in [5, 5.41) is 2.01. The zero-order chi connectivity index (χ0) is 17.6. The molecule has 2 unspecified atom stereocenters. The molecular formula is C20H24O5. The van der Waals surface area contributed by atoms with Gasteiger partial charge >= 0.3 is 5.97 Å². The smallest absolute Gasteiger partial charge is 0.340 e. The fourth-order valence-corrected chi connectivity index (χ4v) is 2.85. The van der Waals surface area contributed by atoms with E-state index in [0.717, 1.165) is 42.4 Å². The lowest BCUT2D eigenvalue weighted by Gasteiger charge is -2.23. The third kappa shape index (κ3) is 4.71. The predicted molar refractivity (Wildman–Crippen MR) is 95.1 cm³/mol. The van der Waals surface area contributed by atoms with E-state index in [4.69, 9.17) is 18.9 Å². The van der Waals surface area contributed by atoms with Crippen LogP contribution in [0.2, 0.25) is 0 Å². The van der Waals surface area contributed by atoms with Gasteiger partial charge in [-0.15, -0.1) is 0 Å². The molecule has 1 heterocycles. The van der Waals surface area contributed by atoms with E-state index in [0.29, 0.717) is 12.4 Å². The highest BCUT2D eigenvalue weighted by molar-refractivity contribution is 5.86. The maximum absolute atomic E-state index is 12.2. The van der Waals surface area contributed by atoms with E-state index >= 15 is 0 Å². The number of esters is 1. The summed E-state index contributed by atoms with van der Waals surface area (Å²) in [5.74, 6) is 0.855. The fraction of sp³-hybridized carbons (Fsp3) is 0.450. The maximum Gasteiger partial charge on any atom is 0.340 e. The number of ether oxygens (including phenoxy) is 4. The van der Waals surface area contributed by atoms with Crippen LogP contribution in [0.4, 0.5) is 0 Å². The van der Waals surface area contributed by atoms with E-state index < -0.39 is 12.1 Å². The van der Waals surface area contributed by atoms with Gasteiger partial charge in [-0.2, -0.15) is 0 Å². The van der Waals surface area contributed by atoms with E-state index in [1.54, 1.807) is 20.1 Å². The van der Waals surface area contributed by atoms with Gasteiger partial charge in [-0.3, -0.25) is 0 Å². The number of benzene rings is 2. The van der Waals surface area contributed by atoms with Crippen molar-refractivity contribution in [2.24, 2.45) is 0 Å². The Morgan fingerprint density at radius 2 is 1.92 bits per heavy atom. The van der Waals surface area contributed by atoms with Gasteiger partial charge in [-0.25, -0.2) is 4.79 Å². The molecule has 2 aromatic carbocycles. The monoisotopic (exact) mass is 344 g/mol. The van der Waals surface area contributed by atoms with Gasteiger partial charge in [0.25, 0.3) is 0 Å². The summed E-state index contributed by atoms with van der Waals surface area (Å²) in [6, 6.07) is 11.3. The molecule has 0 aliphatic carbocycles. The third-order valence-corrected chi connectivity index (χ3v) is 4.38. The minimum Gasteiger partial charge on any atom is -0.497 e. The van der Waals surface area contributed by atoms with Crippen molar-refractivity contribution < 1.29 is 23.7 Å². The molecule has 0 saturated carbocycles. The number of hydrogen-bond donors (Lipinski definition) is 0. The van der Waals surface area contributed by atoms with E-state index in [1.165, 1.54) is 0 Å². The highest BCUT2D eigenvalue weighted by atomic mass is 16.6. The standard InChI is InChI=1S/C20H24O5/c1-14(24-13-19-5-3-4-10-23-19)20(21)25-18-9-7-15-6-8-17(22-2)11-16(15)12-18/h6-9,11-12,14,19H,3-5,10,13H2,1-2H3. The SMILES string of the molecule is COc1ccc2ccc(OC(=O)C(C)OCC3CCCCO3)cc2c1. The van der Waals surface area contributed by atoms with E-state index in [2.05, 4.69) is 0 Å². The first-order valence-electron chi connectivity index (χ1n) is 8.68. The van der Waals surface area contributed by atoms with Crippen molar-refractivity contribution in [3.05, 3.63) is 36.4 Å². The molecule has 1 aliphatic rings. The van der Waals surface area contributed by atoms with Crippen LogP contribution in [-0.4, -0.2) is 38.5 Å². The lowest BCUT2D eigenvalue weighted by atomic mass is 10.1. The van der Waals surface area contributed by atoms with Crippen molar-refractivity contribution in [3.8, 4) is 11.5 Å². The quantitative estimate of drug-likeness (QED) is 0.590. The van der Waals surface area contributed by atoms with Crippen LogP contribution < -0.4 is 9.47 Å². The fourth-order valence-electron chi connectivity index (χ4n) is 2.85.